The third kappa shape index (κ3) is 6.33. The molecule has 1 N–H and O–H groups in total. The molecule has 0 spiro atoms. The first-order chi connectivity index (χ1) is 16.8. The summed E-state index contributed by atoms with van der Waals surface area (Å²) in [6.07, 6.45) is 0. The monoisotopic (exact) mass is 491 g/mol. The van der Waals surface area contributed by atoms with E-state index in [2.05, 4.69) is 43.3 Å². The summed E-state index contributed by atoms with van der Waals surface area (Å²) in [5, 5.41) is 7.50. The molecule has 0 bridgehead atoms. The van der Waals surface area contributed by atoms with Gasteiger partial charge in [0, 0.05) is 19.2 Å². The Labute approximate surface area is 213 Å². The van der Waals surface area contributed by atoms with Crippen molar-refractivity contribution < 1.29 is 19.1 Å². The Hall–Kier alpha value is -3.61. The van der Waals surface area contributed by atoms with E-state index < -0.39 is 11.6 Å². The Balaban J connectivity index is 1.66. The third-order valence-corrected chi connectivity index (χ3v) is 5.98. The Morgan fingerprint density at radius 3 is 2.25 bits per heavy atom. The molecule has 7 nitrogen and oxygen atoms in total. The molecule has 0 radical (unpaired) electrons. The summed E-state index contributed by atoms with van der Waals surface area (Å²) in [7, 11) is 1.77. The molecule has 3 aromatic rings. The van der Waals surface area contributed by atoms with Crippen molar-refractivity contribution in [2.75, 3.05) is 6.61 Å². The van der Waals surface area contributed by atoms with Crippen LogP contribution >= 0.6 is 0 Å². The maximum absolute atomic E-state index is 12.9. The number of nitrogens with one attached hydrogen (secondary N) is 1. The van der Waals surface area contributed by atoms with Crippen molar-refractivity contribution in [3.8, 4) is 17.0 Å². The molecule has 1 amide bonds. The van der Waals surface area contributed by atoms with E-state index >= 15 is 0 Å². The van der Waals surface area contributed by atoms with Crippen LogP contribution in [-0.4, -0.2) is 33.9 Å². The lowest BCUT2D eigenvalue weighted by molar-refractivity contribution is -0.158. The molecule has 192 valence electrons. The maximum Gasteiger partial charge on any atom is 0.349 e. The van der Waals surface area contributed by atoms with Gasteiger partial charge in [-0.05, 0) is 61.9 Å². The summed E-state index contributed by atoms with van der Waals surface area (Å²) in [5.41, 5.74) is 4.21. The van der Waals surface area contributed by atoms with Crippen molar-refractivity contribution in [1.82, 2.24) is 15.1 Å². The number of esters is 1. The van der Waals surface area contributed by atoms with Crippen LogP contribution in [-0.2, 0) is 28.5 Å². The number of nitrogens with zero attached hydrogens (tertiary/aromatic N) is 2. The summed E-state index contributed by atoms with van der Waals surface area (Å²) >= 11 is 0. The first kappa shape index (κ1) is 27.0. The number of hydrogen-bond donors (Lipinski definition) is 1. The van der Waals surface area contributed by atoms with Crippen LogP contribution in [0, 0.1) is 6.92 Å². The number of carbonyl (C=O) groups excluding carboxylic acids is 2. The zero-order chi connectivity index (χ0) is 26.7. The molecule has 0 fully saturated rings. The summed E-state index contributed by atoms with van der Waals surface area (Å²) in [6, 6.07) is 15.7. The topological polar surface area (TPSA) is 82.4 Å². The average Bonchev–Trinajstić information content (AvgIpc) is 3.20. The first-order valence-corrected chi connectivity index (χ1v) is 12.2. The second-order valence-corrected chi connectivity index (χ2v) is 10.5. The van der Waals surface area contributed by atoms with Gasteiger partial charge in [0.2, 0.25) is 0 Å². The highest BCUT2D eigenvalue weighted by Crippen LogP contribution is 2.27. The maximum atomic E-state index is 12.9. The standard InChI is InChI=1S/C29H37N3O4/c1-9-35-27(34)29(6,7)36-25-15-10-20(16-19(25)2)18-30-26(33)24-17-23(31-32(24)8)21-11-13-22(14-12-21)28(3,4)5/h10-17H,9,18H2,1-8H3,(H,30,33). The van der Waals surface area contributed by atoms with Gasteiger partial charge in [0.05, 0.1) is 12.3 Å². The van der Waals surface area contributed by atoms with E-state index in [0.29, 0.717) is 24.6 Å². The molecule has 1 aromatic heterocycles. The van der Waals surface area contributed by atoms with Gasteiger partial charge in [-0.15, -0.1) is 0 Å². The minimum absolute atomic E-state index is 0.0769. The fourth-order valence-electron chi connectivity index (χ4n) is 3.79. The van der Waals surface area contributed by atoms with Gasteiger partial charge in [-0.2, -0.15) is 5.10 Å². The Morgan fingerprint density at radius 1 is 1.00 bits per heavy atom. The van der Waals surface area contributed by atoms with Crippen LogP contribution in [0.1, 0.15) is 68.7 Å². The molecule has 7 heteroatoms. The van der Waals surface area contributed by atoms with Gasteiger partial charge in [0.1, 0.15) is 11.4 Å². The molecule has 0 aliphatic rings. The van der Waals surface area contributed by atoms with Gasteiger partial charge in [0.15, 0.2) is 5.60 Å². The van der Waals surface area contributed by atoms with Crippen LogP contribution in [0.25, 0.3) is 11.3 Å². The lowest BCUT2D eigenvalue weighted by atomic mass is 9.86. The van der Waals surface area contributed by atoms with Crippen LogP contribution in [0.15, 0.2) is 48.5 Å². The fraction of sp³-hybridized carbons (Fsp3) is 0.414. The highest BCUT2D eigenvalue weighted by Gasteiger charge is 2.32. The van der Waals surface area contributed by atoms with E-state index in [1.807, 2.05) is 31.2 Å². The van der Waals surface area contributed by atoms with Crippen LogP contribution in [0.3, 0.4) is 0 Å². The Bertz CT molecular complexity index is 1230. The number of aromatic nitrogens is 2. The predicted molar refractivity (Wildman–Crippen MR) is 141 cm³/mol. The summed E-state index contributed by atoms with van der Waals surface area (Å²) < 4.78 is 12.6. The number of ether oxygens (including phenoxy) is 2. The summed E-state index contributed by atoms with van der Waals surface area (Å²) in [5.74, 6) is -0.0256. The van der Waals surface area contributed by atoms with Gasteiger partial charge in [-0.3, -0.25) is 9.48 Å². The minimum atomic E-state index is -1.10. The molecular formula is C29H37N3O4. The quantitative estimate of drug-likeness (QED) is 0.430. The normalized spacial score (nSPS) is 11.8. The summed E-state index contributed by atoms with van der Waals surface area (Å²) in [4.78, 5) is 25.0. The van der Waals surface area contributed by atoms with Crippen molar-refractivity contribution >= 4 is 11.9 Å². The number of hydrogen-bond acceptors (Lipinski definition) is 5. The largest absolute Gasteiger partial charge is 0.476 e. The lowest BCUT2D eigenvalue weighted by Crippen LogP contribution is -2.39. The molecule has 3 rings (SSSR count). The molecule has 36 heavy (non-hydrogen) atoms. The van der Waals surface area contributed by atoms with Crippen molar-refractivity contribution in [2.24, 2.45) is 7.05 Å². The molecule has 0 aliphatic carbocycles. The molecule has 0 unspecified atom stereocenters. The molecular weight excluding hydrogens is 454 g/mol. The van der Waals surface area contributed by atoms with Crippen LogP contribution < -0.4 is 10.1 Å². The lowest BCUT2D eigenvalue weighted by Gasteiger charge is -2.25. The van der Waals surface area contributed by atoms with Crippen molar-refractivity contribution in [3.63, 3.8) is 0 Å². The Kier molecular flexibility index (Phi) is 7.92. The van der Waals surface area contributed by atoms with Gasteiger partial charge < -0.3 is 14.8 Å². The van der Waals surface area contributed by atoms with E-state index in [1.165, 1.54) is 5.56 Å². The first-order valence-electron chi connectivity index (χ1n) is 12.2. The fourth-order valence-corrected chi connectivity index (χ4v) is 3.79. The van der Waals surface area contributed by atoms with Crippen LogP contribution in [0.5, 0.6) is 5.75 Å². The molecule has 0 aliphatic heterocycles. The SMILES string of the molecule is CCOC(=O)C(C)(C)Oc1ccc(CNC(=O)c2cc(-c3ccc(C(C)(C)C)cc3)nn2C)cc1C. The van der Waals surface area contributed by atoms with Gasteiger partial charge in [-0.1, -0.05) is 57.2 Å². The number of aryl methyl sites for hydroxylation is 2. The Morgan fingerprint density at radius 2 is 1.67 bits per heavy atom. The summed E-state index contributed by atoms with van der Waals surface area (Å²) in [6.45, 7) is 14.2. The van der Waals surface area contributed by atoms with Crippen LogP contribution in [0.4, 0.5) is 0 Å². The van der Waals surface area contributed by atoms with Gasteiger partial charge in [-0.25, -0.2) is 4.79 Å². The molecule has 2 aromatic carbocycles. The number of rotatable bonds is 8. The van der Waals surface area contributed by atoms with Gasteiger partial charge in [0.25, 0.3) is 5.91 Å². The second kappa shape index (κ2) is 10.6. The smallest absolute Gasteiger partial charge is 0.349 e. The minimum Gasteiger partial charge on any atom is -0.476 e. The number of carbonyl (C=O) groups is 2. The van der Waals surface area contributed by atoms with E-state index in [0.717, 1.165) is 22.4 Å². The molecule has 1 heterocycles. The van der Waals surface area contributed by atoms with Crippen molar-refractivity contribution in [3.05, 3.63) is 70.9 Å². The molecule has 0 atom stereocenters. The van der Waals surface area contributed by atoms with Crippen molar-refractivity contribution in [1.29, 1.82) is 0 Å². The average molecular weight is 492 g/mol. The molecule has 0 saturated heterocycles. The second-order valence-electron chi connectivity index (χ2n) is 10.5. The number of amides is 1. The number of benzene rings is 2. The highest BCUT2D eigenvalue weighted by molar-refractivity contribution is 5.93. The van der Waals surface area contributed by atoms with E-state index in [4.69, 9.17) is 9.47 Å². The van der Waals surface area contributed by atoms with E-state index in [1.54, 1.807) is 44.6 Å². The van der Waals surface area contributed by atoms with Crippen LogP contribution in [0.2, 0.25) is 0 Å². The molecule has 0 saturated carbocycles. The van der Waals surface area contributed by atoms with E-state index in [-0.39, 0.29) is 11.3 Å². The zero-order valence-electron chi connectivity index (χ0n) is 22.6. The predicted octanol–water partition coefficient (Wildman–Crippen LogP) is 5.34. The van der Waals surface area contributed by atoms with Gasteiger partial charge >= 0.3 is 5.97 Å². The zero-order valence-corrected chi connectivity index (χ0v) is 22.6. The highest BCUT2D eigenvalue weighted by atomic mass is 16.6. The van der Waals surface area contributed by atoms with E-state index in [9.17, 15) is 9.59 Å². The third-order valence-electron chi connectivity index (χ3n) is 5.98. The van der Waals surface area contributed by atoms with Crippen molar-refractivity contribution in [2.45, 2.75) is 66.0 Å².